The van der Waals surface area contributed by atoms with Crippen LogP contribution in [-0.4, -0.2) is 0 Å². The summed E-state index contributed by atoms with van der Waals surface area (Å²) in [5.41, 5.74) is 14.5. The second kappa shape index (κ2) is 12.9. The maximum absolute atomic E-state index is 7.14. The van der Waals surface area contributed by atoms with Gasteiger partial charge in [0.2, 0.25) is 0 Å². The van der Waals surface area contributed by atoms with Crippen LogP contribution in [0.1, 0.15) is 0 Å². The first kappa shape index (κ1) is 32.4. The molecule has 4 heteroatoms. The van der Waals surface area contributed by atoms with E-state index in [1.165, 1.54) is 11.1 Å². The van der Waals surface area contributed by atoms with Gasteiger partial charge in [0, 0.05) is 54.8 Å². The van der Waals surface area contributed by atoms with E-state index in [9.17, 15) is 0 Å². The molecule has 4 nitrogen and oxygen atoms in total. The van der Waals surface area contributed by atoms with Crippen molar-refractivity contribution < 1.29 is 13.3 Å². The lowest BCUT2D eigenvalue weighted by molar-refractivity contribution is 0.663. The fourth-order valence-corrected chi connectivity index (χ4v) is 8.80. The first-order valence-electron chi connectivity index (χ1n) is 19.6. The van der Waals surface area contributed by atoms with E-state index in [1.54, 1.807) is 0 Å². The third-order valence-electron chi connectivity index (χ3n) is 11.5. The molecule has 3 heterocycles. The highest BCUT2D eigenvalue weighted by Gasteiger charge is 2.27. The molecule has 0 N–H and O–H groups in total. The minimum absolute atomic E-state index is 0.776. The number of furan rings is 3. The predicted molar refractivity (Wildman–Crippen MR) is 239 cm³/mol. The Labute approximate surface area is 333 Å². The summed E-state index contributed by atoms with van der Waals surface area (Å²) in [6.07, 6.45) is 0. The Kier molecular flexibility index (Phi) is 7.20. The van der Waals surface area contributed by atoms with Gasteiger partial charge in [-0.3, -0.25) is 0 Å². The van der Waals surface area contributed by atoms with Crippen LogP contribution in [0, 0.1) is 0 Å². The zero-order valence-corrected chi connectivity index (χ0v) is 31.2. The van der Waals surface area contributed by atoms with E-state index in [2.05, 4.69) is 169 Å². The van der Waals surface area contributed by atoms with Crippen LogP contribution in [0.15, 0.2) is 213 Å². The fourth-order valence-electron chi connectivity index (χ4n) is 8.80. The summed E-state index contributed by atoms with van der Waals surface area (Å²) in [5.74, 6) is 0. The van der Waals surface area contributed by atoms with Crippen LogP contribution in [0.5, 0.6) is 0 Å². The molecule has 12 rings (SSSR count). The van der Waals surface area contributed by atoms with E-state index in [-0.39, 0.29) is 0 Å². The van der Waals surface area contributed by atoms with Gasteiger partial charge in [0.25, 0.3) is 0 Å². The van der Waals surface area contributed by atoms with Crippen molar-refractivity contribution in [1.29, 1.82) is 0 Å². The average molecular weight is 744 g/mol. The third-order valence-corrected chi connectivity index (χ3v) is 11.5. The highest BCUT2D eigenvalue weighted by Crippen LogP contribution is 2.51. The molecule has 3 aromatic heterocycles. The molecule has 0 amide bonds. The Hall–Kier alpha value is -7.82. The summed E-state index contributed by atoms with van der Waals surface area (Å²) in [7, 11) is 0. The number of benzene rings is 9. The van der Waals surface area contributed by atoms with Gasteiger partial charge in [0.15, 0.2) is 5.58 Å². The van der Waals surface area contributed by atoms with Crippen molar-refractivity contribution in [2.75, 3.05) is 4.90 Å². The largest absolute Gasteiger partial charge is 0.456 e. The van der Waals surface area contributed by atoms with Gasteiger partial charge in [-0.1, -0.05) is 146 Å². The number of rotatable bonds is 6. The normalized spacial score (nSPS) is 11.8. The fraction of sp³-hybridized carbons (Fsp3) is 0. The minimum Gasteiger partial charge on any atom is -0.456 e. The van der Waals surface area contributed by atoms with Crippen LogP contribution in [0.4, 0.5) is 17.1 Å². The number of para-hydroxylation sites is 3. The molecular formula is C54H33NO3. The van der Waals surface area contributed by atoms with E-state index >= 15 is 0 Å². The van der Waals surface area contributed by atoms with E-state index in [0.29, 0.717) is 0 Å². The number of hydrogen-bond donors (Lipinski definition) is 0. The van der Waals surface area contributed by atoms with Crippen molar-refractivity contribution in [3.63, 3.8) is 0 Å². The van der Waals surface area contributed by atoms with Crippen LogP contribution in [0.3, 0.4) is 0 Å². The van der Waals surface area contributed by atoms with Gasteiger partial charge in [0.05, 0.1) is 5.69 Å². The Morgan fingerprint density at radius 2 is 0.776 bits per heavy atom. The van der Waals surface area contributed by atoms with Gasteiger partial charge in [-0.25, -0.2) is 0 Å². The lowest BCUT2D eigenvalue weighted by Gasteiger charge is -2.28. The summed E-state index contributed by atoms with van der Waals surface area (Å²) < 4.78 is 20.3. The number of hydrogen-bond acceptors (Lipinski definition) is 4. The van der Waals surface area contributed by atoms with Gasteiger partial charge in [-0.05, 0) is 76.9 Å². The second-order valence-electron chi connectivity index (χ2n) is 14.8. The molecule has 0 radical (unpaired) electrons. The molecule has 0 saturated heterocycles. The van der Waals surface area contributed by atoms with Gasteiger partial charge < -0.3 is 18.2 Å². The molecular weight excluding hydrogens is 711 g/mol. The average Bonchev–Trinajstić information content (AvgIpc) is 3.99. The highest BCUT2D eigenvalue weighted by molar-refractivity contribution is 6.28. The van der Waals surface area contributed by atoms with Crippen molar-refractivity contribution in [1.82, 2.24) is 0 Å². The first-order chi connectivity index (χ1) is 28.8. The predicted octanol–water partition coefficient (Wildman–Crippen LogP) is 15.9. The Bertz CT molecular complexity index is 3400. The van der Waals surface area contributed by atoms with Crippen LogP contribution in [0.2, 0.25) is 0 Å². The Morgan fingerprint density at radius 3 is 1.43 bits per heavy atom. The van der Waals surface area contributed by atoms with Crippen LogP contribution in [0.25, 0.3) is 99.2 Å². The monoisotopic (exact) mass is 743 g/mol. The molecule has 0 aliphatic rings. The van der Waals surface area contributed by atoms with Gasteiger partial charge in [-0.2, -0.15) is 0 Å². The van der Waals surface area contributed by atoms with E-state index in [4.69, 9.17) is 13.3 Å². The highest BCUT2D eigenvalue weighted by atomic mass is 16.3. The molecule has 272 valence electrons. The van der Waals surface area contributed by atoms with Crippen molar-refractivity contribution in [2.24, 2.45) is 0 Å². The summed E-state index contributed by atoms with van der Waals surface area (Å²) in [6, 6.07) is 70.1. The maximum Gasteiger partial charge on any atom is 0.160 e. The van der Waals surface area contributed by atoms with Crippen LogP contribution in [-0.2, 0) is 0 Å². The lowest BCUT2D eigenvalue weighted by atomic mass is 9.96. The minimum atomic E-state index is 0.776. The smallest absolute Gasteiger partial charge is 0.160 e. The van der Waals surface area contributed by atoms with Crippen molar-refractivity contribution in [3.8, 4) is 33.4 Å². The molecule has 0 bridgehead atoms. The number of anilines is 3. The Balaban J connectivity index is 1.18. The van der Waals surface area contributed by atoms with Gasteiger partial charge in [-0.15, -0.1) is 0 Å². The van der Waals surface area contributed by atoms with Crippen molar-refractivity contribution >= 4 is 82.9 Å². The molecule has 0 atom stereocenters. The van der Waals surface area contributed by atoms with Gasteiger partial charge >= 0.3 is 0 Å². The number of fused-ring (bicyclic) bond motifs is 10. The molecule has 0 fully saturated rings. The molecule has 0 spiro atoms. The zero-order valence-electron chi connectivity index (χ0n) is 31.2. The molecule has 0 aliphatic heterocycles. The summed E-state index contributed by atoms with van der Waals surface area (Å²) >= 11 is 0. The first-order valence-corrected chi connectivity index (χ1v) is 19.6. The summed E-state index contributed by atoms with van der Waals surface area (Å²) in [6.45, 7) is 0. The molecule has 58 heavy (non-hydrogen) atoms. The SMILES string of the molecule is c1ccc(-c2ccc(N(c3ccc(-c4ccccc4)cc3)c3c(-c4cccc5c4oc4ccccc45)ccc4c3oc3ccc5oc6ccccc6c5c34)cc2)cc1. The topological polar surface area (TPSA) is 42.7 Å². The van der Waals surface area contributed by atoms with Crippen LogP contribution >= 0.6 is 0 Å². The van der Waals surface area contributed by atoms with E-state index in [0.717, 1.165) is 105 Å². The second-order valence-corrected chi connectivity index (χ2v) is 14.8. The van der Waals surface area contributed by atoms with Crippen LogP contribution < -0.4 is 4.90 Å². The molecule has 0 unspecified atom stereocenters. The molecule has 0 saturated carbocycles. The lowest BCUT2D eigenvalue weighted by Crippen LogP contribution is -2.11. The quantitative estimate of drug-likeness (QED) is 0.170. The zero-order chi connectivity index (χ0) is 38.2. The van der Waals surface area contributed by atoms with Gasteiger partial charge in [0.1, 0.15) is 27.9 Å². The summed E-state index contributed by atoms with van der Waals surface area (Å²) in [5, 5.41) is 6.32. The number of nitrogens with zero attached hydrogens (tertiary/aromatic N) is 1. The molecule has 0 aliphatic carbocycles. The maximum atomic E-state index is 7.14. The molecule has 12 aromatic rings. The van der Waals surface area contributed by atoms with E-state index in [1.807, 2.05) is 36.4 Å². The van der Waals surface area contributed by atoms with Crippen molar-refractivity contribution in [2.45, 2.75) is 0 Å². The Morgan fingerprint density at radius 1 is 0.276 bits per heavy atom. The van der Waals surface area contributed by atoms with Crippen molar-refractivity contribution in [3.05, 3.63) is 200 Å². The van der Waals surface area contributed by atoms with E-state index < -0.39 is 0 Å². The molecule has 9 aromatic carbocycles. The standard InChI is InChI=1S/C54H33NO3/c1-3-12-34(13-4-1)36-22-26-38(27-23-36)55(39-28-24-37(25-29-39)35-14-5-2-6-15-35)52-41(43-19-11-18-42-40-16-7-9-20-46(40)57-53(42)43)30-31-45-51-49(58-54(45)52)33-32-48-50(51)44-17-8-10-21-47(44)56-48/h1-33H. The summed E-state index contributed by atoms with van der Waals surface area (Å²) in [4.78, 5) is 2.34. The third kappa shape index (κ3) is 5.02.